The summed E-state index contributed by atoms with van der Waals surface area (Å²) in [4.78, 5) is 0. The van der Waals surface area contributed by atoms with Crippen LogP contribution < -0.4 is 0 Å². The molecular formula is C3H7FS2. The minimum absolute atomic E-state index is 0.265. The summed E-state index contributed by atoms with van der Waals surface area (Å²) in [5.41, 5.74) is 0. The van der Waals surface area contributed by atoms with Crippen molar-refractivity contribution >= 4 is 21.6 Å². The second kappa shape index (κ2) is 5.63. The number of halogens is 1. The molecule has 0 heterocycles. The van der Waals surface area contributed by atoms with Gasteiger partial charge in [-0.2, -0.15) is 0 Å². The molecule has 0 unspecified atom stereocenters. The summed E-state index contributed by atoms with van der Waals surface area (Å²) in [6, 6.07) is -0.265. The molecule has 0 N–H and O–H groups in total. The minimum Gasteiger partial charge on any atom is -0.238 e. The van der Waals surface area contributed by atoms with Gasteiger partial charge < -0.3 is 0 Å². The number of hydrogen-bond donors (Lipinski definition) is 0. The summed E-state index contributed by atoms with van der Waals surface area (Å²) in [6.45, 7) is 2.01. The average molecular weight is 126 g/mol. The molecule has 0 radical (unpaired) electrons. The first-order valence-corrected chi connectivity index (χ1v) is 4.21. The van der Waals surface area contributed by atoms with Gasteiger partial charge >= 0.3 is 0 Å². The van der Waals surface area contributed by atoms with Gasteiger partial charge in [0.25, 0.3) is 0 Å². The van der Waals surface area contributed by atoms with Crippen LogP contribution >= 0.6 is 21.6 Å². The third kappa shape index (κ3) is 4.63. The highest BCUT2D eigenvalue weighted by Gasteiger charge is 1.78. The second-order valence-corrected chi connectivity index (χ2v) is 3.31. The van der Waals surface area contributed by atoms with Crippen LogP contribution in [0.15, 0.2) is 0 Å². The zero-order chi connectivity index (χ0) is 4.83. The highest BCUT2D eigenvalue weighted by Crippen LogP contribution is 2.19. The van der Waals surface area contributed by atoms with Crippen LogP contribution in [-0.4, -0.2) is 11.8 Å². The third-order valence-electron chi connectivity index (χ3n) is 0.246. The van der Waals surface area contributed by atoms with Gasteiger partial charge in [0, 0.05) is 5.75 Å². The standard InChI is InChI=1S/C3H7FS2/c1-2-5-6-3-4/h2-3H2,1H3. The molecule has 0 saturated carbocycles. The van der Waals surface area contributed by atoms with Crippen molar-refractivity contribution in [3.63, 3.8) is 0 Å². The van der Waals surface area contributed by atoms with E-state index in [1.807, 2.05) is 6.92 Å². The molecule has 0 aliphatic heterocycles. The van der Waals surface area contributed by atoms with E-state index < -0.39 is 0 Å². The van der Waals surface area contributed by atoms with Gasteiger partial charge in [-0.25, -0.2) is 4.39 Å². The van der Waals surface area contributed by atoms with Gasteiger partial charge in [-0.05, 0) is 0 Å². The SMILES string of the molecule is CCSSCF. The van der Waals surface area contributed by atoms with Gasteiger partial charge in [-0.15, -0.1) is 0 Å². The third-order valence-corrected chi connectivity index (χ3v) is 2.21. The molecule has 0 aliphatic rings. The van der Waals surface area contributed by atoms with Crippen molar-refractivity contribution in [2.75, 3.05) is 11.8 Å². The monoisotopic (exact) mass is 126 g/mol. The molecule has 0 aromatic heterocycles. The summed E-state index contributed by atoms with van der Waals surface area (Å²) in [6.07, 6.45) is 0. The van der Waals surface area contributed by atoms with Crippen molar-refractivity contribution in [2.24, 2.45) is 0 Å². The Kier molecular flexibility index (Phi) is 6.22. The molecule has 0 aromatic carbocycles. The van der Waals surface area contributed by atoms with Gasteiger partial charge in [0.1, 0.15) is 6.01 Å². The quantitative estimate of drug-likeness (QED) is 0.420. The fourth-order valence-electron chi connectivity index (χ4n) is 0.115. The molecular weight excluding hydrogens is 119 g/mol. The molecule has 0 aromatic rings. The Balaban J connectivity index is 2.34. The van der Waals surface area contributed by atoms with Crippen molar-refractivity contribution < 1.29 is 4.39 Å². The predicted molar refractivity (Wildman–Crippen MR) is 31.7 cm³/mol. The molecule has 0 spiro atoms. The Bertz CT molecular complexity index is 20.8. The highest BCUT2D eigenvalue weighted by molar-refractivity contribution is 8.76. The van der Waals surface area contributed by atoms with Crippen molar-refractivity contribution in [1.82, 2.24) is 0 Å². The summed E-state index contributed by atoms with van der Waals surface area (Å²) >= 11 is 0. The lowest BCUT2D eigenvalue weighted by Gasteiger charge is -1.84. The number of hydrogen-bond acceptors (Lipinski definition) is 2. The van der Waals surface area contributed by atoms with Gasteiger partial charge in [0.05, 0.1) is 0 Å². The minimum atomic E-state index is -0.265. The molecule has 0 bridgehead atoms. The lowest BCUT2D eigenvalue weighted by atomic mass is 11.0. The van der Waals surface area contributed by atoms with Crippen molar-refractivity contribution in [2.45, 2.75) is 6.92 Å². The molecule has 0 rings (SSSR count). The topological polar surface area (TPSA) is 0 Å². The van der Waals surface area contributed by atoms with Crippen LogP contribution in [0.25, 0.3) is 0 Å². The van der Waals surface area contributed by atoms with E-state index in [-0.39, 0.29) is 6.01 Å². The fourth-order valence-corrected chi connectivity index (χ4v) is 1.03. The van der Waals surface area contributed by atoms with Gasteiger partial charge in [-0.3, -0.25) is 0 Å². The number of alkyl halides is 1. The summed E-state index contributed by atoms with van der Waals surface area (Å²) in [5, 5.41) is 0. The smallest absolute Gasteiger partial charge is 0.145 e. The summed E-state index contributed by atoms with van der Waals surface area (Å²) in [7, 11) is 2.81. The van der Waals surface area contributed by atoms with Crippen LogP contribution in [-0.2, 0) is 0 Å². The van der Waals surface area contributed by atoms with Crippen LogP contribution in [0.4, 0.5) is 4.39 Å². The lowest BCUT2D eigenvalue weighted by Crippen LogP contribution is -1.57. The Morgan fingerprint density at radius 1 is 1.50 bits per heavy atom. The van der Waals surface area contributed by atoms with Gasteiger partial charge in [0.15, 0.2) is 0 Å². The zero-order valence-electron chi connectivity index (χ0n) is 3.61. The van der Waals surface area contributed by atoms with E-state index in [9.17, 15) is 4.39 Å². The predicted octanol–water partition coefficient (Wildman–Crippen LogP) is 2.31. The lowest BCUT2D eigenvalue weighted by molar-refractivity contribution is 0.608. The normalized spacial score (nSPS) is 9.00. The zero-order valence-corrected chi connectivity index (χ0v) is 5.24. The van der Waals surface area contributed by atoms with Gasteiger partial charge in [0.2, 0.25) is 0 Å². The summed E-state index contributed by atoms with van der Waals surface area (Å²) < 4.78 is 11.1. The first kappa shape index (κ1) is 6.63. The molecule has 0 fully saturated rings. The van der Waals surface area contributed by atoms with E-state index >= 15 is 0 Å². The van der Waals surface area contributed by atoms with Crippen LogP contribution in [0.1, 0.15) is 6.92 Å². The molecule has 38 valence electrons. The molecule has 0 aliphatic carbocycles. The van der Waals surface area contributed by atoms with Crippen molar-refractivity contribution in [3.05, 3.63) is 0 Å². The summed E-state index contributed by atoms with van der Waals surface area (Å²) in [5.74, 6) is 0.995. The Morgan fingerprint density at radius 3 is 2.33 bits per heavy atom. The van der Waals surface area contributed by atoms with E-state index in [2.05, 4.69) is 0 Å². The van der Waals surface area contributed by atoms with E-state index in [1.54, 1.807) is 10.8 Å². The van der Waals surface area contributed by atoms with E-state index in [0.29, 0.717) is 0 Å². The molecule has 0 nitrogen and oxygen atoms in total. The maximum Gasteiger partial charge on any atom is 0.145 e. The van der Waals surface area contributed by atoms with Crippen LogP contribution in [0, 0.1) is 0 Å². The molecule has 6 heavy (non-hydrogen) atoms. The second-order valence-electron chi connectivity index (χ2n) is 0.633. The molecule has 0 atom stereocenters. The van der Waals surface area contributed by atoms with E-state index in [1.165, 1.54) is 10.8 Å². The van der Waals surface area contributed by atoms with E-state index in [4.69, 9.17) is 0 Å². The van der Waals surface area contributed by atoms with Crippen LogP contribution in [0.2, 0.25) is 0 Å². The molecule has 0 saturated heterocycles. The van der Waals surface area contributed by atoms with Crippen molar-refractivity contribution in [3.8, 4) is 0 Å². The molecule has 0 amide bonds. The Hall–Kier alpha value is 0.630. The Morgan fingerprint density at radius 2 is 2.17 bits per heavy atom. The number of rotatable bonds is 3. The van der Waals surface area contributed by atoms with Crippen LogP contribution in [0.5, 0.6) is 0 Å². The first-order valence-electron chi connectivity index (χ1n) is 1.72. The van der Waals surface area contributed by atoms with Crippen molar-refractivity contribution in [1.29, 1.82) is 0 Å². The average Bonchev–Trinajstić information content (AvgIpc) is 1.61. The maximum atomic E-state index is 11.1. The van der Waals surface area contributed by atoms with Gasteiger partial charge in [-0.1, -0.05) is 28.5 Å². The Labute approximate surface area is 45.3 Å². The maximum absolute atomic E-state index is 11.1. The van der Waals surface area contributed by atoms with E-state index in [0.717, 1.165) is 5.75 Å². The largest absolute Gasteiger partial charge is 0.238 e. The highest BCUT2D eigenvalue weighted by atomic mass is 33.1. The molecule has 3 heteroatoms. The first-order chi connectivity index (χ1) is 2.91. The van der Waals surface area contributed by atoms with Crippen LogP contribution in [0.3, 0.4) is 0 Å². The fraction of sp³-hybridized carbons (Fsp3) is 1.00.